The van der Waals surface area contributed by atoms with Crippen LogP contribution in [-0.4, -0.2) is 49.1 Å². The number of hydrogen-bond acceptors (Lipinski definition) is 5. The van der Waals surface area contributed by atoms with Gasteiger partial charge in [0.2, 0.25) is 0 Å². The number of aromatic amines is 1. The maximum absolute atomic E-state index is 12.3. The smallest absolute Gasteiger partial charge is 0.306 e. The van der Waals surface area contributed by atoms with E-state index in [0.717, 1.165) is 47.2 Å². The normalized spacial score (nSPS) is 12.6. The van der Waals surface area contributed by atoms with Crippen LogP contribution in [-0.2, 0) is 13.1 Å². The standard InChI is InChI=1S/C24H30N6OS/c1-4-20(28(2)3)22-26-27-24(30(22)17-18-11-6-5-7-12-18)32-16-10-15-29-21-14-9-8-13-19(21)25-23(29)31/h5-9,11-14,20H,4,10,15-17H2,1-3H3,(H,25,31)/t20-/m1/s1. The monoisotopic (exact) mass is 450 g/mol. The molecule has 0 aliphatic rings. The van der Waals surface area contributed by atoms with Gasteiger partial charge in [-0.05, 0) is 44.6 Å². The van der Waals surface area contributed by atoms with Crippen LogP contribution in [0.5, 0.6) is 0 Å². The van der Waals surface area contributed by atoms with Crippen molar-refractivity contribution in [2.45, 2.75) is 44.1 Å². The molecule has 168 valence electrons. The third-order valence-corrected chi connectivity index (χ3v) is 6.73. The van der Waals surface area contributed by atoms with E-state index in [1.807, 2.05) is 34.9 Å². The number of imidazole rings is 1. The highest BCUT2D eigenvalue weighted by Gasteiger charge is 2.22. The van der Waals surface area contributed by atoms with Gasteiger partial charge in [-0.1, -0.05) is 61.2 Å². The van der Waals surface area contributed by atoms with Crippen molar-refractivity contribution in [3.05, 3.63) is 76.5 Å². The van der Waals surface area contributed by atoms with Gasteiger partial charge in [0.25, 0.3) is 0 Å². The van der Waals surface area contributed by atoms with Crippen LogP contribution < -0.4 is 5.69 Å². The van der Waals surface area contributed by atoms with E-state index in [9.17, 15) is 4.79 Å². The summed E-state index contributed by atoms with van der Waals surface area (Å²) in [5.41, 5.74) is 3.01. The Morgan fingerprint density at radius 1 is 1.03 bits per heavy atom. The summed E-state index contributed by atoms with van der Waals surface area (Å²) in [6.45, 7) is 3.60. The molecule has 0 aliphatic carbocycles. The summed E-state index contributed by atoms with van der Waals surface area (Å²) in [5, 5.41) is 10.0. The van der Waals surface area contributed by atoms with Crippen LogP contribution in [0.15, 0.2) is 64.5 Å². The highest BCUT2D eigenvalue weighted by Crippen LogP contribution is 2.26. The summed E-state index contributed by atoms with van der Waals surface area (Å²) in [7, 11) is 4.17. The molecule has 2 heterocycles. The van der Waals surface area contributed by atoms with Crippen molar-refractivity contribution in [2.24, 2.45) is 0 Å². The van der Waals surface area contributed by atoms with E-state index in [1.165, 1.54) is 5.56 Å². The lowest BCUT2D eigenvalue weighted by atomic mass is 10.2. The second-order valence-corrected chi connectivity index (χ2v) is 9.16. The minimum Gasteiger partial charge on any atom is -0.306 e. The zero-order valence-corrected chi connectivity index (χ0v) is 19.7. The van der Waals surface area contributed by atoms with Crippen molar-refractivity contribution >= 4 is 22.8 Å². The number of aryl methyl sites for hydroxylation is 1. The maximum atomic E-state index is 12.3. The van der Waals surface area contributed by atoms with Crippen molar-refractivity contribution in [1.82, 2.24) is 29.2 Å². The molecule has 1 atom stereocenters. The lowest BCUT2D eigenvalue weighted by Gasteiger charge is -2.23. The fourth-order valence-electron chi connectivity index (χ4n) is 4.06. The van der Waals surface area contributed by atoms with Crippen LogP contribution in [0.25, 0.3) is 11.0 Å². The summed E-state index contributed by atoms with van der Waals surface area (Å²) in [6.07, 6.45) is 1.83. The van der Waals surface area contributed by atoms with Gasteiger partial charge in [-0.25, -0.2) is 4.79 Å². The lowest BCUT2D eigenvalue weighted by Crippen LogP contribution is -2.23. The summed E-state index contributed by atoms with van der Waals surface area (Å²) in [4.78, 5) is 17.4. The van der Waals surface area contributed by atoms with Crippen molar-refractivity contribution in [1.29, 1.82) is 0 Å². The average molecular weight is 451 g/mol. The molecule has 0 fully saturated rings. The molecular formula is C24H30N6OS. The van der Waals surface area contributed by atoms with Crippen LogP contribution >= 0.6 is 11.8 Å². The molecule has 8 heteroatoms. The number of benzene rings is 2. The van der Waals surface area contributed by atoms with Crippen molar-refractivity contribution < 1.29 is 0 Å². The molecule has 2 aromatic carbocycles. The predicted molar refractivity (Wildman–Crippen MR) is 130 cm³/mol. The van der Waals surface area contributed by atoms with E-state index < -0.39 is 0 Å². The van der Waals surface area contributed by atoms with E-state index in [-0.39, 0.29) is 11.7 Å². The van der Waals surface area contributed by atoms with Crippen LogP contribution in [0.2, 0.25) is 0 Å². The zero-order chi connectivity index (χ0) is 22.5. The Morgan fingerprint density at radius 2 is 1.78 bits per heavy atom. The molecule has 0 radical (unpaired) electrons. The van der Waals surface area contributed by atoms with E-state index in [0.29, 0.717) is 6.54 Å². The molecule has 0 bridgehead atoms. The molecule has 32 heavy (non-hydrogen) atoms. The van der Waals surface area contributed by atoms with Crippen LogP contribution in [0.1, 0.15) is 37.2 Å². The summed E-state index contributed by atoms with van der Waals surface area (Å²) >= 11 is 1.71. The molecule has 0 saturated heterocycles. The summed E-state index contributed by atoms with van der Waals surface area (Å²) in [5.74, 6) is 1.86. The van der Waals surface area contributed by atoms with Crippen LogP contribution in [0, 0.1) is 0 Å². The molecule has 0 saturated carbocycles. The predicted octanol–water partition coefficient (Wildman–Crippen LogP) is 4.16. The van der Waals surface area contributed by atoms with E-state index in [2.05, 4.69) is 69.9 Å². The first-order valence-corrected chi connectivity index (χ1v) is 12.0. The number of nitrogens with zero attached hydrogens (tertiary/aromatic N) is 5. The van der Waals surface area contributed by atoms with Gasteiger partial charge in [0.15, 0.2) is 11.0 Å². The molecule has 7 nitrogen and oxygen atoms in total. The maximum Gasteiger partial charge on any atom is 0.326 e. The first kappa shape index (κ1) is 22.4. The van der Waals surface area contributed by atoms with Gasteiger partial charge in [-0.2, -0.15) is 0 Å². The molecular weight excluding hydrogens is 420 g/mol. The molecule has 0 amide bonds. The number of fused-ring (bicyclic) bond motifs is 1. The second-order valence-electron chi connectivity index (χ2n) is 8.10. The van der Waals surface area contributed by atoms with Crippen LogP contribution in [0.4, 0.5) is 0 Å². The molecule has 0 spiro atoms. The molecule has 1 N–H and O–H groups in total. The van der Waals surface area contributed by atoms with Gasteiger partial charge >= 0.3 is 5.69 Å². The molecule has 4 aromatic rings. The van der Waals surface area contributed by atoms with E-state index >= 15 is 0 Å². The Morgan fingerprint density at radius 3 is 2.53 bits per heavy atom. The largest absolute Gasteiger partial charge is 0.326 e. The third-order valence-electron chi connectivity index (χ3n) is 5.68. The number of para-hydroxylation sites is 2. The van der Waals surface area contributed by atoms with Gasteiger partial charge in [-0.15, -0.1) is 10.2 Å². The molecule has 0 aliphatic heterocycles. The lowest BCUT2D eigenvalue weighted by molar-refractivity contribution is 0.272. The summed E-state index contributed by atoms with van der Waals surface area (Å²) < 4.78 is 4.06. The van der Waals surface area contributed by atoms with Gasteiger partial charge in [-0.3, -0.25) is 9.47 Å². The zero-order valence-electron chi connectivity index (χ0n) is 18.9. The van der Waals surface area contributed by atoms with Gasteiger partial charge in [0, 0.05) is 12.3 Å². The van der Waals surface area contributed by atoms with Crippen molar-refractivity contribution in [3.63, 3.8) is 0 Å². The number of thioether (sulfide) groups is 1. The van der Waals surface area contributed by atoms with Gasteiger partial charge in [0.1, 0.15) is 0 Å². The van der Waals surface area contributed by atoms with Gasteiger partial charge < -0.3 is 9.55 Å². The number of aromatic nitrogens is 5. The highest BCUT2D eigenvalue weighted by molar-refractivity contribution is 7.99. The Bertz CT molecular complexity index is 1210. The first-order chi connectivity index (χ1) is 15.6. The molecule has 0 unspecified atom stereocenters. The van der Waals surface area contributed by atoms with Crippen LogP contribution in [0.3, 0.4) is 0 Å². The molecule has 2 aromatic heterocycles. The summed E-state index contributed by atoms with van der Waals surface area (Å²) in [6, 6.07) is 18.5. The molecule has 4 rings (SSSR count). The first-order valence-electron chi connectivity index (χ1n) is 11.0. The SMILES string of the molecule is CC[C@H](c1nnc(SCCCn2c(=O)[nH]c3ccccc32)n1Cc1ccccc1)N(C)C. The number of rotatable bonds is 10. The Hall–Kier alpha value is -2.84. The minimum atomic E-state index is -0.0532. The highest BCUT2D eigenvalue weighted by atomic mass is 32.2. The number of H-pyrrole nitrogens is 1. The average Bonchev–Trinajstić information content (AvgIpc) is 3.32. The topological polar surface area (TPSA) is 71.7 Å². The third kappa shape index (κ3) is 4.81. The fraction of sp³-hybridized carbons (Fsp3) is 0.375. The van der Waals surface area contributed by atoms with E-state index in [1.54, 1.807) is 11.8 Å². The Labute approximate surface area is 192 Å². The second kappa shape index (κ2) is 10.2. The fourth-order valence-corrected chi connectivity index (χ4v) is 4.93. The van der Waals surface area contributed by atoms with E-state index in [4.69, 9.17) is 0 Å². The van der Waals surface area contributed by atoms with Crippen molar-refractivity contribution in [3.8, 4) is 0 Å². The number of nitrogens with one attached hydrogen (secondary N) is 1. The minimum absolute atomic E-state index is 0.0532. The Kier molecular flexibility index (Phi) is 7.12. The quantitative estimate of drug-likeness (QED) is 0.290. The van der Waals surface area contributed by atoms with Crippen molar-refractivity contribution in [2.75, 3.05) is 19.8 Å². The van der Waals surface area contributed by atoms with Gasteiger partial charge in [0.05, 0.1) is 23.6 Å². The Balaban J connectivity index is 1.49. The number of hydrogen-bond donors (Lipinski definition) is 1.